The zero-order valence-electron chi connectivity index (χ0n) is 18.6. The quantitative estimate of drug-likeness (QED) is 0.207. The van der Waals surface area contributed by atoms with Crippen molar-refractivity contribution in [3.05, 3.63) is 89.5 Å². The van der Waals surface area contributed by atoms with Gasteiger partial charge in [0.1, 0.15) is 17.2 Å². The number of aliphatic hydroxyl groups excluding tert-OH is 2. The highest BCUT2D eigenvalue weighted by Gasteiger charge is 2.24. The number of nitrogens with zero attached hydrogens (tertiary/aromatic N) is 2. The second kappa shape index (κ2) is 11.6. The Bertz CT molecular complexity index is 1270. The Labute approximate surface area is 202 Å². The molecule has 3 aromatic rings. The molecular formula is C24H25N3O7S. The summed E-state index contributed by atoms with van der Waals surface area (Å²) in [6, 6.07) is 17.8. The molecule has 3 aromatic carbocycles. The van der Waals surface area contributed by atoms with E-state index in [1.54, 1.807) is 36.4 Å². The molecule has 184 valence electrons. The Balaban J connectivity index is 1.95. The topological polar surface area (TPSA) is 160 Å². The van der Waals surface area contributed by atoms with E-state index in [-0.39, 0.29) is 51.9 Å². The SMILES string of the molecule is O=C(NN=C(c1ccccc1O)c1ccccc1O)c1cccc(S(=O)(=O)N(CCO)CCO)c1. The molecule has 11 heteroatoms. The van der Waals surface area contributed by atoms with Gasteiger partial charge >= 0.3 is 0 Å². The lowest BCUT2D eigenvalue weighted by atomic mass is 10.0. The van der Waals surface area contributed by atoms with Crippen LogP contribution in [0.5, 0.6) is 11.5 Å². The van der Waals surface area contributed by atoms with Crippen LogP contribution >= 0.6 is 0 Å². The summed E-state index contributed by atoms with van der Waals surface area (Å²) in [7, 11) is -4.08. The van der Waals surface area contributed by atoms with Crippen LogP contribution < -0.4 is 5.43 Å². The molecule has 0 radical (unpaired) electrons. The average Bonchev–Trinajstić information content (AvgIpc) is 2.86. The monoisotopic (exact) mass is 499 g/mol. The summed E-state index contributed by atoms with van der Waals surface area (Å²) in [6.07, 6.45) is 0. The zero-order chi connectivity index (χ0) is 25.4. The van der Waals surface area contributed by atoms with Gasteiger partial charge in [0.2, 0.25) is 10.0 Å². The smallest absolute Gasteiger partial charge is 0.271 e. The molecule has 0 aliphatic rings. The standard InChI is InChI=1S/C24H25N3O7S/c28-14-12-27(13-15-29)35(33,34)18-7-5-6-17(16-18)24(32)26-25-23(19-8-1-3-10-21(19)30)20-9-2-4-11-22(20)31/h1-11,16,28-31H,12-15H2,(H,26,32). The van der Waals surface area contributed by atoms with E-state index < -0.39 is 29.1 Å². The molecule has 0 aliphatic carbocycles. The van der Waals surface area contributed by atoms with Gasteiger partial charge in [0.15, 0.2) is 0 Å². The Morgan fingerprint density at radius 1 is 0.829 bits per heavy atom. The van der Waals surface area contributed by atoms with Crippen LogP contribution in [-0.2, 0) is 10.0 Å². The Hall–Kier alpha value is -3.77. The molecule has 0 saturated heterocycles. The second-order valence-electron chi connectivity index (χ2n) is 7.31. The molecule has 0 aromatic heterocycles. The van der Waals surface area contributed by atoms with E-state index in [1.807, 2.05) is 0 Å². The summed E-state index contributed by atoms with van der Waals surface area (Å²) in [5.41, 5.74) is 2.94. The third-order valence-electron chi connectivity index (χ3n) is 5.02. The predicted octanol–water partition coefficient (Wildman–Crippen LogP) is 1.26. The number of carbonyl (C=O) groups excluding carboxylic acids is 1. The number of hydrogen-bond donors (Lipinski definition) is 5. The van der Waals surface area contributed by atoms with Gasteiger partial charge in [-0.05, 0) is 42.5 Å². The molecule has 35 heavy (non-hydrogen) atoms. The van der Waals surface area contributed by atoms with Gasteiger partial charge in [0, 0.05) is 29.8 Å². The summed E-state index contributed by atoms with van der Waals surface area (Å²) in [4.78, 5) is 12.7. The van der Waals surface area contributed by atoms with Gasteiger partial charge in [-0.25, -0.2) is 13.8 Å². The fourth-order valence-corrected chi connectivity index (χ4v) is 4.78. The van der Waals surface area contributed by atoms with Crippen LogP contribution in [0.25, 0.3) is 0 Å². The van der Waals surface area contributed by atoms with Crippen LogP contribution in [0.3, 0.4) is 0 Å². The van der Waals surface area contributed by atoms with Crippen molar-refractivity contribution in [1.82, 2.24) is 9.73 Å². The van der Waals surface area contributed by atoms with E-state index >= 15 is 0 Å². The van der Waals surface area contributed by atoms with Crippen molar-refractivity contribution in [2.24, 2.45) is 5.10 Å². The molecular weight excluding hydrogens is 474 g/mol. The number of hydrazone groups is 1. The summed E-state index contributed by atoms with van der Waals surface area (Å²) in [6.45, 7) is -1.30. The van der Waals surface area contributed by atoms with Crippen molar-refractivity contribution in [3.8, 4) is 11.5 Å². The number of carbonyl (C=O) groups is 1. The number of para-hydroxylation sites is 2. The summed E-state index contributed by atoms with van der Waals surface area (Å²) < 4.78 is 26.7. The van der Waals surface area contributed by atoms with E-state index in [9.17, 15) is 23.4 Å². The molecule has 0 bridgehead atoms. The number of sulfonamides is 1. The molecule has 3 rings (SSSR count). The van der Waals surface area contributed by atoms with E-state index in [2.05, 4.69) is 10.5 Å². The maximum absolute atomic E-state index is 12.9. The molecule has 0 atom stereocenters. The van der Waals surface area contributed by atoms with Gasteiger partial charge in [0.25, 0.3) is 5.91 Å². The minimum atomic E-state index is -4.08. The summed E-state index contributed by atoms with van der Waals surface area (Å²) in [5, 5.41) is 43.0. The highest BCUT2D eigenvalue weighted by Crippen LogP contribution is 2.25. The van der Waals surface area contributed by atoms with Crippen molar-refractivity contribution in [3.63, 3.8) is 0 Å². The van der Waals surface area contributed by atoms with E-state index in [0.717, 1.165) is 10.4 Å². The number of nitrogens with one attached hydrogen (secondary N) is 1. The summed E-state index contributed by atoms with van der Waals surface area (Å²) >= 11 is 0. The number of phenolic OH excluding ortho intramolecular Hbond substituents is 2. The fourth-order valence-electron chi connectivity index (χ4n) is 3.31. The first kappa shape index (κ1) is 25.8. The van der Waals surface area contributed by atoms with Gasteiger partial charge in [-0.2, -0.15) is 9.41 Å². The lowest BCUT2D eigenvalue weighted by Crippen LogP contribution is -2.36. The molecule has 5 N–H and O–H groups in total. The Morgan fingerprint density at radius 2 is 1.37 bits per heavy atom. The largest absolute Gasteiger partial charge is 0.507 e. The number of phenols is 2. The minimum absolute atomic E-state index is 0.0170. The maximum atomic E-state index is 12.9. The van der Waals surface area contributed by atoms with Crippen molar-refractivity contribution in [2.75, 3.05) is 26.3 Å². The number of aromatic hydroxyl groups is 2. The van der Waals surface area contributed by atoms with Crippen LogP contribution in [0, 0.1) is 0 Å². The lowest BCUT2D eigenvalue weighted by molar-refractivity contribution is 0.0954. The van der Waals surface area contributed by atoms with Gasteiger partial charge in [0.05, 0.1) is 18.1 Å². The number of rotatable bonds is 10. The van der Waals surface area contributed by atoms with Gasteiger partial charge < -0.3 is 20.4 Å². The molecule has 0 unspecified atom stereocenters. The first-order valence-corrected chi connectivity index (χ1v) is 12.0. The second-order valence-corrected chi connectivity index (χ2v) is 9.25. The van der Waals surface area contributed by atoms with Crippen LogP contribution in [0.4, 0.5) is 0 Å². The van der Waals surface area contributed by atoms with Crippen LogP contribution in [0.2, 0.25) is 0 Å². The molecule has 1 amide bonds. The molecule has 10 nitrogen and oxygen atoms in total. The number of aliphatic hydroxyl groups is 2. The van der Waals surface area contributed by atoms with Gasteiger partial charge in [-0.1, -0.05) is 30.3 Å². The molecule has 0 spiro atoms. The minimum Gasteiger partial charge on any atom is -0.507 e. The first-order chi connectivity index (χ1) is 16.8. The molecule has 0 fully saturated rings. The zero-order valence-corrected chi connectivity index (χ0v) is 19.4. The third-order valence-corrected chi connectivity index (χ3v) is 6.92. The van der Waals surface area contributed by atoms with Gasteiger partial charge in [-0.15, -0.1) is 0 Å². The summed E-state index contributed by atoms with van der Waals surface area (Å²) in [5.74, 6) is -0.976. The predicted molar refractivity (Wildman–Crippen MR) is 129 cm³/mol. The van der Waals surface area contributed by atoms with E-state index in [0.29, 0.717) is 0 Å². The third kappa shape index (κ3) is 6.03. The van der Waals surface area contributed by atoms with Crippen LogP contribution in [-0.4, -0.2) is 71.1 Å². The number of amides is 1. The number of hydrogen-bond acceptors (Lipinski definition) is 8. The van der Waals surface area contributed by atoms with Crippen molar-refractivity contribution in [1.29, 1.82) is 0 Å². The first-order valence-electron chi connectivity index (χ1n) is 10.6. The van der Waals surface area contributed by atoms with Crippen LogP contribution in [0.1, 0.15) is 21.5 Å². The molecule has 0 saturated carbocycles. The fraction of sp³-hybridized carbons (Fsp3) is 0.167. The Kier molecular flexibility index (Phi) is 8.55. The average molecular weight is 500 g/mol. The molecule has 0 heterocycles. The number of benzene rings is 3. The van der Waals surface area contributed by atoms with Crippen LogP contribution in [0.15, 0.2) is 82.8 Å². The van der Waals surface area contributed by atoms with Crippen molar-refractivity contribution >= 4 is 21.6 Å². The Morgan fingerprint density at radius 3 is 1.89 bits per heavy atom. The normalized spacial score (nSPS) is 11.3. The molecule has 0 aliphatic heterocycles. The van der Waals surface area contributed by atoms with Crippen molar-refractivity contribution < 1.29 is 33.6 Å². The lowest BCUT2D eigenvalue weighted by Gasteiger charge is -2.20. The maximum Gasteiger partial charge on any atom is 0.271 e. The van der Waals surface area contributed by atoms with E-state index in [4.69, 9.17) is 10.2 Å². The van der Waals surface area contributed by atoms with Crippen molar-refractivity contribution in [2.45, 2.75) is 4.90 Å². The van der Waals surface area contributed by atoms with Gasteiger partial charge in [-0.3, -0.25) is 4.79 Å². The van der Waals surface area contributed by atoms with E-state index in [1.165, 1.54) is 30.3 Å². The highest BCUT2D eigenvalue weighted by molar-refractivity contribution is 7.89. The highest BCUT2D eigenvalue weighted by atomic mass is 32.2.